The topological polar surface area (TPSA) is 26.0 Å². The second-order valence-electron chi connectivity index (χ2n) is 1.99. The number of halogens is 2. The van der Waals surface area contributed by atoms with Crippen LogP contribution in [-0.2, 0) is 6.67 Å². The van der Waals surface area contributed by atoms with Gasteiger partial charge in [-0.25, -0.2) is 4.39 Å². The van der Waals surface area contributed by atoms with Crippen LogP contribution in [0.4, 0.5) is 10.1 Å². The van der Waals surface area contributed by atoms with E-state index in [-0.39, 0.29) is 0 Å². The van der Waals surface area contributed by atoms with Gasteiger partial charge in [0.2, 0.25) is 0 Å². The van der Waals surface area contributed by atoms with E-state index < -0.39 is 6.67 Å². The average Bonchev–Trinajstić information content (AvgIpc) is 1.95. The molecule has 0 spiro atoms. The van der Waals surface area contributed by atoms with Crippen molar-refractivity contribution >= 4 is 17.3 Å². The van der Waals surface area contributed by atoms with Crippen molar-refractivity contribution in [2.75, 3.05) is 5.73 Å². The zero-order chi connectivity index (χ0) is 7.56. The first-order valence-electron chi connectivity index (χ1n) is 2.84. The highest BCUT2D eigenvalue weighted by atomic mass is 35.5. The summed E-state index contributed by atoms with van der Waals surface area (Å²) < 4.78 is 11.9. The summed E-state index contributed by atoms with van der Waals surface area (Å²) in [5.74, 6) is 0. The van der Waals surface area contributed by atoms with Crippen LogP contribution in [0.3, 0.4) is 0 Å². The van der Waals surface area contributed by atoms with Crippen LogP contribution in [0.15, 0.2) is 18.2 Å². The Bertz CT molecular complexity index is 237. The largest absolute Gasteiger partial charge is 0.398 e. The van der Waals surface area contributed by atoms with Gasteiger partial charge in [-0.1, -0.05) is 17.7 Å². The first-order chi connectivity index (χ1) is 4.74. The first kappa shape index (κ1) is 7.35. The molecular weight excluding hydrogens is 153 g/mol. The third-order valence-electron chi connectivity index (χ3n) is 1.21. The molecule has 2 N–H and O–H groups in total. The van der Waals surface area contributed by atoms with Crippen molar-refractivity contribution in [2.24, 2.45) is 0 Å². The van der Waals surface area contributed by atoms with Gasteiger partial charge in [0.25, 0.3) is 0 Å². The first-order valence-corrected chi connectivity index (χ1v) is 3.21. The minimum absolute atomic E-state index is 0.428. The lowest BCUT2D eigenvalue weighted by Gasteiger charge is -1.98. The van der Waals surface area contributed by atoms with E-state index in [2.05, 4.69) is 0 Å². The van der Waals surface area contributed by atoms with Crippen molar-refractivity contribution in [1.29, 1.82) is 0 Å². The van der Waals surface area contributed by atoms with Gasteiger partial charge in [-0.15, -0.1) is 0 Å². The Hall–Kier alpha value is -0.760. The summed E-state index contributed by atoms with van der Waals surface area (Å²) in [7, 11) is 0. The lowest BCUT2D eigenvalue weighted by atomic mass is 10.2. The Morgan fingerprint density at radius 2 is 2.20 bits per heavy atom. The number of nitrogens with two attached hydrogens (primary N) is 1. The molecule has 0 unspecified atom stereocenters. The number of anilines is 1. The van der Waals surface area contributed by atoms with Gasteiger partial charge in [-0.3, -0.25) is 0 Å². The summed E-state index contributed by atoms with van der Waals surface area (Å²) >= 11 is 5.59. The lowest BCUT2D eigenvalue weighted by molar-refractivity contribution is 0.485. The molecule has 0 aliphatic carbocycles. The molecule has 1 rings (SSSR count). The number of alkyl halides is 1. The summed E-state index contributed by atoms with van der Waals surface area (Å²) in [5, 5.41) is 0.470. The molecule has 1 aromatic carbocycles. The monoisotopic (exact) mass is 159 g/mol. The zero-order valence-electron chi connectivity index (χ0n) is 5.27. The molecule has 1 aromatic rings. The maximum Gasteiger partial charge on any atom is 0.115 e. The number of hydrogen-bond donors (Lipinski definition) is 1. The Morgan fingerprint density at radius 3 is 2.70 bits per heavy atom. The Morgan fingerprint density at radius 1 is 1.50 bits per heavy atom. The molecule has 3 heteroatoms. The smallest absolute Gasteiger partial charge is 0.115 e. The summed E-state index contributed by atoms with van der Waals surface area (Å²) in [6, 6.07) is 4.73. The minimum atomic E-state index is -0.499. The highest BCUT2D eigenvalue weighted by molar-refractivity contribution is 6.33. The van der Waals surface area contributed by atoms with E-state index in [1.807, 2.05) is 0 Å². The van der Waals surface area contributed by atoms with Gasteiger partial charge in [0.05, 0.1) is 10.7 Å². The third kappa shape index (κ3) is 1.39. The fourth-order valence-corrected chi connectivity index (χ4v) is 0.794. The van der Waals surface area contributed by atoms with Gasteiger partial charge < -0.3 is 5.73 Å². The number of hydrogen-bond acceptors (Lipinski definition) is 1. The standard InChI is InChI=1S/C7H7ClFN/c8-6-2-1-5(4-9)3-7(6)10/h1-3H,4,10H2. The van der Waals surface area contributed by atoms with Gasteiger partial charge in [-0.05, 0) is 17.7 Å². The third-order valence-corrected chi connectivity index (χ3v) is 1.56. The lowest BCUT2D eigenvalue weighted by Crippen LogP contribution is -1.87. The van der Waals surface area contributed by atoms with Gasteiger partial charge in [0.15, 0.2) is 0 Å². The molecule has 0 bridgehead atoms. The fraction of sp³-hybridized carbons (Fsp3) is 0.143. The van der Waals surface area contributed by atoms with E-state index in [0.29, 0.717) is 16.3 Å². The molecule has 0 aliphatic heterocycles. The van der Waals surface area contributed by atoms with Crippen LogP contribution in [0, 0.1) is 0 Å². The Labute approximate surface area is 63.6 Å². The van der Waals surface area contributed by atoms with Gasteiger partial charge in [-0.2, -0.15) is 0 Å². The maximum atomic E-state index is 11.9. The molecular formula is C7H7ClFN. The fourth-order valence-electron chi connectivity index (χ4n) is 0.676. The van der Waals surface area contributed by atoms with Crippen LogP contribution in [0.2, 0.25) is 5.02 Å². The molecule has 0 amide bonds. The van der Waals surface area contributed by atoms with Crippen molar-refractivity contribution in [3.8, 4) is 0 Å². The molecule has 10 heavy (non-hydrogen) atoms. The highest BCUT2D eigenvalue weighted by Crippen LogP contribution is 2.19. The molecule has 0 saturated carbocycles. The molecule has 0 atom stereocenters. The molecule has 0 fully saturated rings. The summed E-state index contributed by atoms with van der Waals surface area (Å²) in [6.45, 7) is -0.499. The van der Waals surface area contributed by atoms with Crippen molar-refractivity contribution in [2.45, 2.75) is 6.67 Å². The van der Waals surface area contributed by atoms with Gasteiger partial charge in [0, 0.05) is 0 Å². The van der Waals surface area contributed by atoms with Crippen LogP contribution in [-0.4, -0.2) is 0 Å². The van der Waals surface area contributed by atoms with E-state index in [4.69, 9.17) is 17.3 Å². The molecule has 0 saturated heterocycles. The molecule has 0 radical (unpaired) electrons. The summed E-state index contributed by atoms with van der Waals surface area (Å²) in [5.41, 5.74) is 6.38. The second-order valence-corrected chi connectivity index (χ2v) is 2.40. The van der Waals surface area contributed by atoms with Crippen LogP contribution in [0.1, 0.15) is 5.56 Å². The average molecular weight is 160 g/mol. The van der Waals surface area contributed by atoms with Crippen molar-refractivity contribution < 1.29 is 4.39 Å². The molecule has 0 aliphatic rings. The molecule has 1 nitrogen and oxygen atoms in total. The van der Waals surface area contributed by atoms with Crippen molar-refractivity contribution in [1.82, 2.24) is 0 Å². The van der Waals surface area contributed by atoms with E-state index >= 15 is 0 Å². The van der Waals surface area contributed by atoms with Crippen LogP contribution in [0.25, 0.3) is 0 Å². The zero-order valence-corrected chi connectivity index (χ0v) is 6.03. The Kier molecular flexibility index (Phi) is 2.12. The van der Waals surface area contributed by atoms with Crippen LogP contribution < -0.4 is 5.73 Å². The van der Waals surface area contributed by atoms with Gasteiger partial charge in [0.1, 0.15) is 6.67 Å². The summed E-state index contributed by atoms with van der Waals surface area (Å²) in [6.07, 6.45) is 0. The van der Waals surface area contributed by atoms with Crippen molar-refractivity contribution in [3.05, 3.63) is 28.8 Å². The van der Waals surface area contributed by atoms with Crippen LogP contribution >= 0.6 is 11.6 Å². The van der Waals surface area contributed by atoms with Crippen molar-refractivity contribution in [3.63, 3.8) is 0 Å². The maximum absolute atomic E-state index is 11.9. The Balaban J connectivity index is 3.04. The molecule has 0 heterocycles. The van der Waals surface area contributed by atoms with Gasteiger partial charge >= 0.3 is 0 Å². The SMILES string of the molecule is Nc1cc(CF)ccc1Cl. The number of rotatable bonds is 1. The van der Waals surface area contributed by atoms with Crippen LogP contribution in [0.5, 0.6) is 0 Å². The minimum Gasteiger partial charge on any atom is -0.398 e. The molecule has 0 aromatic heterocycles. The summed E-state index contributed by atoms with van der Waals surface area (Å²) in [4.78, 5) is 0. The predicted molar refractivity (Wildman–Crippen MR) is 40.7 cm³/mol. The predicted octanol–water partition coefficient (Wildman–Crippen LogP) is 2.39. The molecule has 54 valence electrons. The van der Waals surface area contributed by atoms with E-state index in [1.165, 1.54) is 6.07 Å². The number of nitrogen functional groups attached to an aromatic ring is 1. The quantitative estimate of drug-likeness (QED) is 0.626. The normalized spacial score (nSPS) is 9.80. The highest BCUT2D eigenvalue weighted by Gasteiger charge is 1.96. The number of benzene rings is 1. The van der Waals surface area contributed by atoms with E-state index in [9.17, 15) is 4.39 Å². The van der Waals surface area contributed by atoms with E-state index in [1.54, 1.807) is 12.1 Å². The second kappa shape index (κ2) is 2.88. The van der Waals surface area contributed by atoms with E-state index in [0.717, 1.165) is 0 Å².